The van der Waals surface area contributed by atoms with E-state index in [4.69, 9.17) is 10.2 Å². The molecule has 76 valence electrons. The average molecular weight is 200 g/mol. The molecule has 0 aliphatic rings. The van der Waals surface area contributed by atoms with Gasteiger partial charge in [-0.1, -0.05) is 0 Å². The van der Waals surface area contributed by atoms with E-state index in [1.807, 2.05) is 0 Å². The summed E-state index contributed by atoms with van der Waals surface area (Å²) in [5, 5.41) is 17.3. The highest BCUT2D eigenvalue weighted by molar-refractivity contribution is 5.71. The topological polar surface area (TPSA) is 112 Å². The molecule has 14 heavy (non-hydrogen) atoms. The van der Waals surface area contributed by atoms with Crippen molar-refractivity contribution in [1.29, 1.82) is 0 Å². The first-order valence-corrected chi connectivity index (χ1v) is 3.72. The Hall–Kier alpha value is -1.89. The highest BCUT2D eigenvalue weighted by Crippen LogP contribution is 1.84. The van der Waals surface area contributed by atoms with Crippen molar-refractivity contribution < 1.29 is 15.0 Å². The molecule has 7 nitrogen and oxygen atoms in total. The third-order valence-corrected chi connectivity index (χ3v) is 1.58. The number of carboxylic acids is 1. The molecule has 1 rings (SSSR count). The Kier molecular flexibility index (Phi) is 2.82. The minimum absolute atomic E-state index is 0.565. The smallest absolute Gasteiger partial charge is 0.334 e. The molecule has 1 heterocycles. The van der Waals surface area contributed by atoms with Crippen LogP contribution in [-0.2, 0) is 11.3 Å². The number of hydrogen-bond acceptors (Lipinski definition) is 4. The number of aliphatic carboxylic acids is 1. The second kappa shape index (κ2) is 3.88. The van der Waals surface area contributed by atoms with Crippen LogP contribution in [0.15, 0.2) is 21.9 Å². The van der Waals surface area contributed by atoms with E-state index < -0.39 is 29.9 Å². The zero-order valence-corrected chi connectivity index (χ0v) is 7.01. The van der Waals surface area contributed by atoms with Gasteiger partial charge in [0.05, 0.1) is 6.54 Å². The molecule has 0 aliphatic heterocycles. The van der Waals surface area contributed by atoms with Crippen LogP contribution in [0.4, 0.5) is 0 Å². The van der Waals surface area contributed by atoms with Gasteiger partial charge in [0.15, 0.2) is 6.10 Å². The fourth-order valence-electron chi connectivity index (χ4n) is 0.876. The number of rotatable bonds is 3. The van der Waals surface area contributed by atoms with Crippen molar-refractivity contribution in [3.63, 3.8) is 0 Å². The molecule has 1 aromatic rings. The number of nitrogens with zero attached hydrogens (tertiary/aromatic N) is 1. The van der Waals surface area contributed by atoms with Crippen molar-refractivity contribution in [2.75, 3.05) is 0 Å². The Bertz CT molecular complexity index is 418. The number of aliphatic hydroxyl groups is 1. The average Bonchev–Trinajstić information content (AvgIpc) is 2.11. The van der Waals surface area contributed by atoms with E-state index in [1.54, 1.807) is 0 Å². The zero-order valence-electron chi connectivity index (χ0n) is 7.01. The van der Waals surface area contributed by atoms with E-state index in [0.717, 1.165) is 12.3 Å². The number of hydrogen-bond donors (Lipinski definition) is 3. The lowest BCUT2D eigenvalue weighted by Crippen LogP contribution is -2.39. The van der Waals surface area contributed by atoms with Crippen LogP contribution < -0.4 is 11.2 Å². The van der Waals surface area contributed by atoms with Crippen molar-refractivity contribution in [3.05, 3.63) is 33.1 Å². The van der Waals surface area contributed by atoms with Crippen LogP contribution in [0.5, 0.6) is 0 Å². The summed E-state index contributed by atoms with van der Waals surface area (Å²) in [4.78, 5) is 34.5. The van der Waals surface area contributed by atoms with Crippen LogP contribution in [0.3, 0.4) is 0 Å². The Labute approximate surface area is 77.2 Å². The number of carboxylic acid groups (broad SMARTS) is 1. The highest BCUT2D eigenvalue weighted by atomic mass is 16.4. The van der Waals surface area contributed by atoms with Crippen LogP contribution in [0.25, 0.3) is 0 Å². The van der Waals surface area contributed by atoms with E-state index in [2.05, 4.69) is 4.98 Å². The first-order chi connectivity index (χ1) is 6.52. The van der Waals surface area contributed by atoms with Gasteiger partial charge >= 0.3 is 11.7 Å². The Morgan fingerprint density at radius 3 is 2.71 bits per heavy atom. The van der Waals surface area contributed by atoms with Crippen molar-refractivity contribution in [2.24, 2.45) is 0 Å². The van der Waals surface area contributed by atoms with E-state index in [-0.39, 0.29) is 0 Å². The summed E-state index contributed by atoms with van der Waals surface area (Å²) in [7, 11) is 0. The van der Waals surface area contributed by atoms with Crippen molar-refractivity contribution in [3.8, 4) is 0 Å². The van der Waals surface area contributed by atoms with Crippen LogP contribution in [0.2, 0.25) is 0 Å². The number of carbonyl (C=O) groups is 1. The lowest BCUT2D eigenvalue weighted by Gasteiger charge is -2.05. The van der Waals surface area contributed by atoms with Crippen LogP contribution in [0, 0.1) is 0 Å². The molecular weight excluding hydrogens is 192 g/mol. The predicted molar refractivity (Wildman–Crippen MR) is 45.0 cm³/mol. The molecule has 0 amide bonds. The van der Waals surface area contributed by atoms with Gasteiger partial charge in [0, 0.05) is 12.3 Å². The molecule has 0 bridgehead atoms. The third kappa shape index (κ3) is 2.07. The summed E-state index contributed by atoms with van der Waals surface area (Å²) in [6.07, 6.45) is -0.620. The maximum atomic E-state index is 11.0. The SMILES string of the molecule is O=C(O)C(O)Cn1c(=O)cc[nH]c1=O. The molecule has 0 spiro atoms. The first-order valence-electron chi connectivity index (χ1n) is 3.72. The first kappa shape index (κ1) is 10.2. The Morgan fingerprint density at radius 2 is 2.21 bits per heavy atom. The van der Waals surface area contributed by atoms with Crippen LogP contribution in [-0.4, -0.2) is 31.8 Å². The van der Waals surface area contributed by atoms with Gasteiger partial charge in [-0.25, -0.2) is 9.59 Å². The van der Waals surface area contributed by atoms with Gasteiger partial charge in [-0.15, -0.1) is 0 Å². The number of aliphatic hydroxyl groups excluding tert-OH is 1. The maximum Gasteiger partial charge on any atom is 0.334 e. The van der Waals surface area contributed by atoms with Crippen molar-refractivity contribution in [1.82, 2.24) is 9.55 Å². The molecule has 0 fully saturated rings. The summed E-state index contributed by atoms with van der Waals surface area (Å²) in [6.45, 7) is -0.565. The van der Waals surface area contributed by atoms with Gasteiger partial charge in [0.1, 0.15) is 0 Å². The summed E-state index contributed by atoms with van der Waals surface area (Å²) in [6, 6.07) is 1.07. The van der Waals surface area contributed by atoms with Gasteiger partial charge in [0.25, 0.3) is 5.56 Å². The fraction of sp³-hybridized carbons (Fsp3) is 0.286. The summed E-state index contributed by atoms with van der Waals surface area (Å²) in [5.74, 6) is -1.49. The summed E-state index contributed by atoms with van der Waals surface area (Å²) < 4.78 is 0.610. The van der Waals surface area contributed by atoms with Crippen LogP contribution in [0.1, 0.15) is 0 Å². The summed E-state index contributed by atoms with van der Waals surface area (Å²) in [5.41, 5.74) is -1.41. The number of aromatic amines is 1. The Morgan fingerprint density at radius 1 is 1.57 bits per heavy atom. The quantitative estimate of drug-likeness (QED) is 0.521. The van der Waals surface area contributed by atoms with E-state index in [1.165, 1.54) is 0 Å². The normalized spacial score (nSPS) is 12.4. The molecule has 0 aromatic carbocycles. The monoisotopic (exact) mass is 200 g/mol. The minimum Gasteiger partial charge on any atom is -0.479 e. The van der Waals surface area contributed by atoms with E-state index in [9.17, 15) is 14.4 Å². The van der Waals surface area contributed by atoms with Crippen molar-refractivity contribution in [2.45, 2.75) is 12.6 Å². The maximum absolute atomic E-state index is 11.0. The van der Waals surface area contributed by atoms with Gasteiger partial charge < -0.3 is 15.2 Å². The van der Waals surface area contributed by atoms with Gasteiger partial charge in [-0.3, -0.25) is 9.36 Å². The molecule has 0 saturated carbocycles. The lowest BCUT2D eigenvalue weighted by atomic mass is 10.3. The van der Waals surface area contributed by atoms with Gasteiger partial charge in [0.2, 0.25) is 0 Å². The lowest BCUT2D eigenvalue weighted by molar-refractivity contribution is -0.147. The second-order valence-corrected chi connectivity index (χ2v) is 2.59. The van der Waals surface area contributed by atoms with E-state index in [0.29, 0.717) is 4.57 Å². The molecular formula is C7H8N2O5. The molecule has 3 N–H and O–H groups in total. The van der Waals surface area contributed by atoms with Gasteiger partial charge in [-0.2, -0.15) is 0 Å². The molecule has 1 aromatic heterocycles. The van der Waals surface area contributed by atoms with Gasteiger partial charge in [-0.05, 0) is 0 Å². The standard InChI is InChI=1S/C7H8N2O5/c10-4(6(12)13)3-9-5(11)1-2-8-7(9)14/h1-2,4,10H,3H2,(H,8,14)(H,12,13). The minimum atomic E-state index is -1.77. The molecule has 1 unspecified atom stereocenters. The van der Waals surface area contributed by atoms with E-state index >= 15 is 0 Å². The number of H-pyrrole nitrogens is 1. The second-order valence-electron chi connectivity index (χ2n) is 2.59. The number of aromatic nitrogens is 2. The zero-order chi connectivity index (χ0) is 10.7. The summed E-state index contributed by atoms with van der Waals surface area (Å²) >= 11 is 0. The Balaban J connectivity index is 3.03. The van der Waals surface area contributed by atoms with Crippen molar-refractivity contribution >= 4 is 5.97 Å². The third-order valence-electron chi connectivity index (χ3n) is 1.58. The molecule has 0 radical (unpaired) electrons. The predicted octanol–water partition coefficient (Wildman–Crippen LogP) is -2.02. The molecule has 0 aliphatic carbocycles. The largest absolute Gasteiger partial charge is 0.479 e. The molecule has 7 heteroatoms. The fourth-order valence-corrected chi connectivity index (χ4v) is 0.876. The molecule has 1 atom stereocenters. The highest BCUT2D eigenvalue weighted by Gasteiger charge is 2.15. The number of nitrogens with one attached hydrogen (secondary N) is 1. The van der Waals surface area contributed by atoms with Crippen LogP contribution >= 0.6 is 0 Å². The molecule has 0 saturated heterocycles.